The lowest BCUT2D eigenvalue weighted by Crippen LogP contribution is -2.69. The third-order valence-corrected chi connectivity index (χ3v) is 4.74. The molecule has 166 valence electrons. The van der Waals surface area contributed by atoms with Crippen LogP contribution >= 0.6 is 0 Å². The Morgan fingerprint density at radius 3 is 2.60 bits per heavy atom. The van der Waals surface area contributed by atoms with E-state index in [4.69, 9.17) is 33.5 Å². The van der Waals surface area contributed by atoms with Crippen LogP contribution < -0.4 is 14.8 Å². The van der Waals surface area contributed by atoms with Crippen LogP contribution in [0.1, 0.15) is 20.8 Å². The average molecular weight is 425 g/mol. The molecule has 2 fully saturated rings. The number of amides is 1. The maximum atomic E-state index is 11.9. The molecule has 1 aromatic rings. The van der Waals surface area contributed by atoms with Gasteiger partial charge in [-0.3, -0.25) is 4.79 Å². The molecule has 2 aliphatic rings. The van der Waals surface area contributed by atoms with Crippen LogP contribution in [0, 0.1) is 0 Å². The molecule has 0 aromatic heterocycles. The van der Waals surface area contributed by atoms with Gasteiger partial charge in [0.05, 0.1) is 13.7 Å². The minimum absolute atomic E-state index is 0.184. The van der Waals surface area contributed by atoms with Gasteiger partial charge in [-0.2, -0.15) is 0 Å². The molecule has 5 unspecified atom stereocenters. The number of carbonyl (C=O) groups is 2. The number of rotatable bonds is 7. The summed E-state index contributed by atoms with van der Waals surface area (Å²) in [5.74, 6) is -1.55. The molecule has 2 N–H and O–H groups in total. The third kappa shape index (κ3) is 5.20. The maximum Gasteiger partial charge on any atom is 0.329 e. The predicted octanol–water partition coefficient (Wildman–Crippen LogP) is 0.925. The van der Waals surface area contributed by atoms with Crippen molar-refractivity contribution in [2.45, 2.75) is 57.2 Å². The molecule has 1 aromatic carbocycles. The molecule has 5 atom stereocenters. The minimum Gasteiger partial charge on any atom is -0.493 e. The van der Waals surface area contributed by atoms with Gasteiger partial charge in [-0.1, -0.05) is 12.1 Å². The highest BCUT2D eigenvalue weighted by Gasteiger charge is 2.53. The summed E-state index contributed by atoms with van der Waals surface area (Å²) in [6, 6.07) is 6.14. The summed E-state index contributed by atoms with van der Waals surface area (Å²) in [5.41, 5.74) is 0. The number of carboxylic acids is 1. The van der Waals surface area contributed by atoms with E-state index in [1.165, 1.54) is 14.0 Å². The maximum absolute atomic E-state index is 11.9. The van der Waals surface area contributed by atoms with Crippen molar-refractivity contribution < 1.29 is 43.1 Å². The summed E-state index contributed by atoms with van der Waals surface area (Å²) < 4.78 is 34.7. The summed E-state index contributed by atoms with van der Waals surface area (Å²) in [6.45, 7) is 4.43. The molecule has 2 aliphatic heterocycles. The Morgan fingerprint density at radius 2 is 1.97 bits per heavy atom. The van der Waals surface area contributed by atoms with E-state index in [-0.39, 0.29) is 12.5 Å². The van der Waals surface area contributed by atoms with Crippen LogP contribution in [0.2, 0.25) is 0 Å². The Balaban J connectivity index is 1.92. The van der Waals surface area contributed by atoms with Crippen LogP contribution in [-0.4, -0.2) is 73.7 Å². The quantitative estimate of drug-likeness (QED) is 0.657. The van der Waals surface area contributed by atoms with Crippen LogP contribution in [0.5, 0.6) is 11.5 Å². The van der Waals surface area contributed by atoms with Gasteiger partial charge in [-0.05, 0) is 26.0 Å². The molecule has 2 heterocycles. The number of methoxy groups -OCH3 is 1. The number of aliphatic carboxylic acids is 1. The fraction of sp³-hybridized carbons (Fsp3) is 0.600. The Hall–Kier alpha value is -2.40. The Morgan fingerprint density at radius 1 is 1.27 bits per heavy atom. The number of carboxylic acid groups (broad SMARTS) is 1. The van der Waals surface area contributed by atoms with Crippen LogP contribution in [0.4, 0.5) is 0 Å². The zero-order valence-corrected chi connectivity index (χ0v) is 17.3. The lowest BCUT2D eigenvalue weighted by Gasteiger charge is -2.50. The van der Waals surface area contributed by atoms with E-state index < -0.39 is 49.0 Å². The number of ether oxygens (including phenoxy) is 6. The largest absolute Gasteiger partial charge is 0.493 e. The van der Waals surface area contributed by atoms with Crippen LogP contribution in [0.15, 0.2) is 24.3 Å². The number of hydrogen-bond donors (Lipinski definition) is 2. The topological polar surface area (TPSA) is 122 Å². The first-order valence-corrected chi connectivity index (χ1v) is 9.57. The van der Waals surface area contributed by atoms with Crippen molar-refractivity contribution in [1.82, 2.24) is 5.32 Å². The van der Waals surface area contributed by atoms with Gasteiger partial charge in [-0.25, -0.2) is 4.79 Å². The van der Waals surface area contributed by atoms with E-state index in [0.29, 0.717) is 11.5 Å². The van der Waals surface area contributed by atoms with Gasteiger partial charge in [0.15, 0.2) is 17.3 Å². The van der Waals surface area contributed by atoms with Crippen molar-refractivity contribution in [1.29, 1.82) is 0 Å². The zero-order chi connectivity index (χ0) is 21.9. The summed E-state index contributed by atoms with van der Waals surface area (Å²) in [6.07, 6.45) is -3.13. The molecule has 0 bridgehead atoms. The molecular weight excluding hydrogens is 398 g/mol. The number of nitrogens with one attached hydrogen (secondary N) is 1. The molecule has 0 saturated carbocycles. The van der Waals surface area contributed by atoms with Gasteiger partial charge in [0.2, 0.25) is 12.2 Å². The fourth-order valence-corrected chi connectivity index (χ4v) is 3.52. The number of carbonyl (C=O) groups excluding carboxylic acids is 1. The molecule has 10 nitrogen and oxygen atoms in total. The Labute approximate surface area is 174 Å². The molecular formula is C20H27NO9. The highest BCUT2D eigenvalue weighted by Crippen LogP contribution is 2.36. The number of benzene rings is 1. The van der Waals surface area contributed by atoms with Gasteiger partial charge >= 0.3 is 5.97 Å². The van der Waals surface area contributed by atoms with E-state index >= 15 is 0 Å². The Bertz CT molecular complexity index is 768. The molecule has 0 aliphatic carbocycles. The van der Waals surface area contributed by atoms with Gasteiger partial charge in [0, 0.05) is 6.92 Å². The summed E-state index contributed by atoms with van der Waals surface area (Å²) in [4.78, 5) is 23.1. The predicted molar refractivity (Wildman–Crippen MR) is 102 cm³/mol. The highest BCUT2D eigenvalue weighted by molar-refractivity contribution is 5.73. The molecule has 3 rings (SSSR count). The molecule has 1 amide bonds. The second-order valence-electron chi connectivity index (χ2n) is 7.50. The van der Waals surface area contributed by atoms with E-state index in [1.807, 2.05) is 0 Å². The third-order valence-electron chi connectivity index (χ3n) is 4.74. The lowest BCUT2D eigenvalue weighted by molar-refractivity contribution is -0.364. The van der Waals surface area contributed by atoms with Crippen molar-refractivity contribution in [2.24, 2.45) is 0 Å². The van der Waals surface area contributed by atoms with Crippen LogP contribution in [0.25, 0.3) is 0 Å². The van der Waals surface area contributed by atoms with Crippen molar-refractivity contribution in [2.75, 3.05) is 20.3 Å². The molecule has 2 saturated heterocycles. The zero-order valence-electron chi connectivity index (χ0n) is 17.3. The number of hydrogen-bond acceptors (Lipinski definition) is 8. The summed E-state index contributed by atoms with van der Waals surface area (Å²) in [7, 11) is 1.51. The monoisotopic (exact) mass is 425 g/mol. The van der Waals surface area contributed by atoms with E-state index in [2.05, 4.69) is 5.32 Å². The SMILES string of the molecule is COc1ccccc1OC1OC2COC(C)(C)OC2C(OCC(=O)O)C1NC(C)=O. The second-order valence-corrected chi connectivity index (χ2v) is 7.50. The van der Waals surface area contributed by atoms with Crippen molar-refractivity contribution in [3.63, 3.8) is 0 Å². The summed E-state index contributed by atoms with van der Waals surface area (Å²) in [5, 5.41) is 11.9. The van der Waals surface area contributed by atoms with E-state index in [9.17, 15) is 9.59 Å². The van der Waals surface area contributed by atoms with Gasteiger partial charge in [-0.15, -0.1) is 0 Å². The van der Waals surface area contributed by atoms with E-state index in [0.717, 1.165) is 0 Å². The van der Waals surface area contributed by atoms with Crippen molar-refractivity contribution >= 4 is 11.9 Å². The standard InChI is InChI=1S/C20H27NO9/c1-11(22)21-16-18(26-10-15(23)24)17-14(9-27-20(2,3)30-17)29-19(16)28-13-8-6-5-7-12(13)25-4/h5-8,14,16-19H,9-10H2,1-4H3,(H,21,22)(H,23,24). The first-order valence-electron chi connectivity index (χ1n) is 9.57. The second kappa shape index (κ2) is 9.17. The van der Waals surface area contributed by atoms with Gasteiger partial charge in [0.25, 0.3) is 0 Å². The molecule has 0 radical (unpaired) electrons. The number of para-hydroxylation sites is 2. The first kappa shape index (κ1) is 22.3. The molecule has 30 heavy (non-hydrogen) atoms. The lowest BCUT2D eigenvalue weighted by atomic mass is 9.95. The van der Waals surface area contributed by atoms with Crippen molar-refractivity contribution in [3.05, 3.63) is 24.3 Å². The fourth-order valence-electron chi connectivity index (χ4n) is 3.52. The van der Waals surface area contributed by atoms with Gasteiger partial charge < -0.3 is 38.8 Å². The normalized spacial score (nSPS) is 30.1. The summed E-state index contributed by atoms with van der Waals surface area (Å²) >= 11 is 0. The van der Waals surface area contributed by atoms with Gasteiger partial charge in [0.1, 0.15) is 31.0 Å². The first-order chi connectivity index (χ1) is 14.2. The molecule has 0 spiro atoms. The molecule has 10 heteroatoms. The van der Waals surface area contributed by atoms with Crippen LogP contribution in [-0.2, 0) is 28.5 Å². The minimum atomic E-state index is -1.15. The highest BCUT2D eigenvalue weighted by atomic mass is 16.8. The average Bonchev–Trinajstić information content (AvgIpc) is 2.67. The van der Waals surface area contributed by atoms with Crippen molar-refractivity contribution in [3.8, 4) is 11.5 Å². The smallest absolute Gasteiger partial charge is 0.329 e. The number of fused-ring (bicyclic) bond motifs is 1. The van der Waals surface area contributed by atoms with Crippen LogP contribution in [0.3, 0.4) is 0 Å². The Kier molecular flexibility index (Phi) is 6.81. The van der Waals surface area contributed by atoms with E-state index in [1.54, 1.807) is 38.1 Å².